The second-order valence-corrected chi connectivity index (χ2v) is 3.61. The van der Waals surface area contributed by atoms with E-state index in [2.05, 4.69) is 4.74 Å². The van der Waals surface area contributed by atoms with Crippen molar-refractivity contribution in [3.05, 3.63) is 29.8 Å². The molecule has 0 saturated heterocycles. The van der Waals surface area contributed by atoms with E-state index in [4.69, 9.17) is 10.0 Å². The molecule has 1 rings (SSSR count). The molecule has 2 N–H and O–H groups in total. The molecular formula is C10H12BF3O3. The van der Waals surface area contributed by atoms with Crippen molar-refractivity contribution in [2.45, 2.75) is 25.8 Å². The van der Waals surface area contributed by atoms with Gasteiger partial charge < -0.3 is 14.8 Å². The molecule has 3 nitrogen and oxygen atoms in total. The number of alkyl halides is 3. The van der Waals surface area contributed by atoms with Crippen LogP contribution in [0.4, 0.5) is 13.2 Å². The third kappa shape index (κ3) is 4.37. The molecule has 0 aliphatic heterocycles. The van der Waals surface area contributed by atoms with Gasteiger partial charge in [-0.1, -0.05) is 24.3 Å². The third-order valence-corrected chi connectivity index (χ3v) is 2.21. The minimum absolute atomic E-state index is 0.214. The van der Waals surface area contributed by atoms with E-state index in [9.17, 15) is 13.2 Å². The summed E-state index contributed by atoms with van der Waals surface area (Å²) in [6, 6.07) is 5.91. The van der Waals surface area contributed by atoms with Crippen molar-refractivity contribution in [1.82, 2.24) is 0 Å². The largest absolute Gasteiger partial charge is 0.488 e. The Morgan fingerprint density at radius 3 is 2.53 bits per heavy atom. The Hall–Kier alpha value is -1.05. The van der Waals surface area contributed by atoms with Crippen LogP contribution in [0.3, 0.4) is 0 Å². The summed E-state index contributed by atoms with van der Waals surface area (Å²) in [6.07, 6.45) is -6.25. The molecule has 7 heteroatoms. The zero-order valence-corrected chi connectivity index (χ0v) is 9.11. The molecule has 1 aromatic carbocycles. The lowest BCUT2D eigenvalue weighted by atomic mass is 9.80. The summed E-state index contributed by atoms with van der Waals surface area (Å²) in [5, 5.41) is 17.8. The maximum absolute atomic E-state index is 12.2. The van der Waals surface area contributed by atoms with Crippen LogP contribution < -0.4 is 5.46 Å². The number of ether oxygens (including phenoxy) is 1. The maximum atomic E-state index is 12.2. The van der Waals surface area contributed by atoms with Gasteiger partial charge in [-0.15, -0.1) is 0 Å². The first-order valence-electron chi connectivity index (χ1n) is 4.94. The number of halogens is 3. The van der Waals surface area contributed by atoms with E-state index in [-0.39, 0.29) is 12.1 Å². The predicted molar refractivity (Wildman–Crippen MR) is 56.6 cm³/mol. The molecule has 0 aromatic heterocycles. The van der Waals surface area contributed by atoms with Crippen LogP contribution >= 0.6 is 0 Å². The number of hydrogen-bond donors (Lipinski definition) is 2. The van der Waals surface area contributed by atoms with Crippen LogP contribution in [0.25, 0.3) is 0 Å². The van der Waals surface area contributed by atoms with Gasteiger partial charge >= 0.3 is 13.3 Å². The van der Waals surface area contributed by atoms with Gasteiger partial charge in [-0.05, 0) is 17.9 Å². The summed E-state index contributed by atoms with van der Waals surface area (Å²) in [4.78, 5) is 0. The van der Waals surface area contributed by atoms with Gasteiger partial charge in [0.25, 0.3) is 0 Å². The Kier molecular flexibility index (Phi) is 4.56. The predicted octanol–water partition coefficient (Wildman–Crippen LogP) is 0.834. The van der Waals surface area contributed by atoms with Crippen molar-refractivity contribution in [2.75, 3.05) is 0 Å². The minimum atomic E-state index is -4.39. The smallest absolute Gasteiger partial charge is 0.423 e. The fourth-order valence-electron chi connectivity index (χ4n) is 1.16. The molecule has 0 amide bonds. The SMILES string of the molecule is C[C@@H](OCc1cccc(B(O)O)c1)C(F)(F)F. The maximum Gasteiger partial charge on any atom is 0.488 e. The number of hydrogen-bond acceptors (Lipinski definition) is 3. The fourth-order valence-corrected chi connectivity index (χ4v) is 1.16. The fraction of sp³-hybridized carbons (Fsp3) is 0.400. The van der Waals surface area contributed by atoms with E-state index < -0.39 is 19.4 Å². The average Bonchev–Trinajstić information content (AvgIpc) is 2.25. The summed E-state index contributed by atoms with van der Waals surface area (Å²) in [5.74, 6) is 0. The molecule has 1 atom stereocenters. The summed E-state index contributed by atoms with van der Waals surface area (Å²) < 4.78 is 41.1. The lowest BCUT2D eigenvalue weighted by Crippen LogP contribution is -2.30. The normalized spacial score (nSPS) is 13.5. The second kappa shape index (κ2) is 5.53. The molecule has 0 bridgehead atoms. The molecule has 0 heterocycles. The molecule has 0 radical (unpaired) electrons. The van der Waals surface area contributed by atoms with Crippen molar-refractivity contribution in [3.8, 4) is 0 Å². The first-order valence-corrected chi connectivity index (χ1v) is 4.94. The zero-order chi connectivity index (χ0) is 13.1. The summed E-state index contributed by atoms with van der Waals surface area (Å²) in [7, 11) is -1.64. The summed E-state index contributed by atoms with van der Waals surface area (Å²) in [6.45, 7) is 0.686. The average molecular weight is 248 g/mol. The van der Waals surface area contributed by atoms with Crippen molar-refractivity contribution in [2.24, 2.45) is 0 Å². The Balaban J connectivity index is 2.61. The molecule has 0 fully saturated rings. The third-order valence-electron chi connectivity index (χ3n) is 2.21. The van der Waals surface area contributed by atoms with Crippen LogP contribution in [0, 0.1) is 0 Å². The second-order valence-electron chi connectivity index (χ2n) is 3.61. The van der Waals surface area contributed by atoms with E-state index in [0.717, 1.165) is 6.92 Å². The topological polar surface area (TPSA) is 49.7 Å². The van der Waals surface area contributed by atoms with E-state index in [1.165, 1.54) is 18.2 Å². The van der Waals surface area contributed by atoms with Crippen LogP contribution in [0.15, 0.2) is 24.3 Å². The lowest BCUT2D eigenvalue weighted by molar-refractivity contribution is -0.217. The lowest BCUT2D eigenvalue weighted by Gasteiger charge is -2.16. The highest BCUT2D eigenvalue weighted by molar-refractivity contribution is 6.58. The van der Waals surface area contributed by atoms with E-state index in [1.807, 2.05) is 0 Å². The highest BCUT2D eigenvalue weighted by Crippen LogP contribution is 2.23. The standard InChI is InChI=1S/C10H12BF3O3/c1-7(10(12,13)14)17-6-8-3-2-4-9(5-8)11(15)16/h2-5,7,15-16H,6H2,1H3/t7-/m1/s1. The highest BCUT2D eigenvalue weighted by atomic mass is 19.4. The Labute approximate surface area is 97.0 Å². The summed E-state index contributed by atoms with van der Waals surface area (Å²) in [5.41, 5.74) is 0.664. The van der Waals surface area contributed by atoms with E-state index in [1.54, 1.807) is 6.07 Å². The molecule has 0 spiro atoms. The molecule has 94 valence electrons. The summed E-state index contributed by atoms with van der Waals surface area (Å²) >= 11 is 0. The van der Waals surface area contributed by atoms with Gasteiger partial charge in [0.2, 0.25) is 0 Å². The van der Waals surface area contributed by atoms with Crippen molar-refractivity contribution in [3.63, 3.8) is 0 Å². The van der Waals surface area contributed by atoms with Crippen molar-refractivity contribution in [1.29, 1.82) is 0 Å². The molecule has 0 saturated carbocycles. The van der Waals surface area contributed by atoms with E-state index >= 15 is 0 Å². The quantitative estimate of drug-likeness (QED) is 0.776. The molecular weight excluding hydrogens is 236 g/mol. The Bertz CT molecular complexity index is 368. The molecule has 0 aliphatic carbocycles. The van der Waals surface area contributed by atoms with Crippen LogP contribution in [0.1, 0.15) is 12.5 Å². The first kappa shape index (κ1) is 14.0. The Morgan fingerprint density at radius 2 is 2.00 bits per heavy atom. The van der Waals surface area contributed by atoms with Crippen LogP contribution in [0.2, 0.25) is 0 Å². The van der Waals surface area contributed by atoms with Gasteiger partial charge in [-0.2, -0.15) is 13.2 Å². The molecule has 17 heavy (non-hydrogen) atoms. The number of benzene rings is 1. The molecule has 1 aromatic rings. The van der Waals surface area contributed by atoms with Gasteiger partial charge in [0.05, 0.1) is 6.61 Å². The van der Waals surface area contributed by atoms with Crippen LogP contribution in [0.5, 0.6) is 0 Å². The highest BCUT2D eigenvalue weighted by Gasteiger charge is 2.36. The Morgan fingerprint density at radius 1 is 1.35 bits per heavy atom. The molecule has 0 unspecified atom stereocenters. The molecule has 0 aliphatic rings. The minimum Gasteiger partial charge on any atom is -0.423 e. The van der Waals surface area contributed by atoms with Gasteiger partial charge in [0, 0.05) is 0 Å². The van der Waals surface area contributed by atoms with E-state index in [0.29, 0.717) is 5.56 Å². The number of rotatable bonds is 4. The first-order chi connectivity index (χ1) is 7.80. The van der Waals surface area contributed by atoms with Crippen LogP contribution in [-0.2, 0) is 11.3 Å². The van der Waals surface area contributed by atoms with Gasteiger partial charge in [-0.25, -0.2) is 0 Å². The van der Waals surface area contributed by atoms with Crippen molar-refractivity contribution < 1.29 is 28.0 Å². The van der Waals surface area contributed by atoms with Gasteiger partial charge in [0.1, 0.15) is 0 Å². The monoisotopic (exact) mass is 248 g/mol. The van der Waals surface area contributed by atoms with Gasteiger partial charge in [-0.3, -0.25) is 0 Å². The van der Waals surface area contributed by atoms with Crippen LogP contribution in [-0.4, -0.2) is 29.4 Å². The van der Waals surface area contributed by atoms with Crippen molar-refractivity contribution >= 4 is 12.6 Å². The van der Waals surface area contributed by atoms with Gasteiger partial charge in [0.15, 0.2) is 6.10 Å². The zero-order valence-electron chi connectivity index (χ0n) is 9.11.